The number of fused-ring (bicyclic) bond motifs is 2. The summed E-state index contributed by atoms with van der Waals surface area (Å²) in [5.74, 6) is -0.307. The number of alkyl halides is 1. The first kappa shape index (κ1) is 22.2. The molecule has 10 heteroatoms. The van der Waals surface area contributed by atoms with E-state index in [9.17, 15) is 14.0 Å². The van der Waals surface area contributed by atoms with Crippen LogP contribution in [0.2, 0.25) is 0 Å². The van der Waals surface area contributed by atoms with Gasteiger partial charge in [0.1, 0.15) is 23.5 Å². The monoisotopic (exact) mass is 481 g/mol. The topological polar surface area (TPSA) is 100 Å². The molecule has 5 heterocycles. The van der Waals surface area contributed by atoms with E-state index in [4.69, 9.17) is 9.47 Å². The lowest BCUT2D eigenvalue weighted by Crippen LogP contribution is -2.52. The summed E-state index contributed by atoms with van der Waals surface area (Å²) in [6.45, 7) is 3.77. The molecule has 1 amide bonds. The zero-order valence-electron chi connectivity index (χ0n) is 19.8. The molecule has 184 valence electrons. The molecule has 0 spiro atoms. The van der Waals surface area contributed by atoms with E-state index in [2.05, 4.69) is 15.4 Å². The smallest absolute Gasteiger partial charge is 0.274 e. The molecular weight excluding hydrogens is 453 g/mol. The first-order valence-electron chi connectivity index (χ1n) is 12.2. The number of pyridine rings is 2. The number of anilines is 1. The van der Waals surface area contributed by atoms with Crippen LogP contribution < -0.4 is 15.6 Å². The zero-order valence-corrected chi connectivity index (χ0v) is 19.8. The van der Waals surface area contributed by atoms with E-state index >= 15 is 0 Å². The third-order valence-electron chi connectivity index (χ3n) is 7.43. The molecule has 2 aliphatic heterocycles. The molecule has 2 bridgehead atoms. The summed E-state index contributed by atoms with van der Waals surface area (Å²) < 4.78 is 28.5. The van der Waals surface area contributed by atoms with Gasteiger partial charge in [0.15, 0.2) is 5.65 Å². The third-order valence-corrected chi connectivity index (χ3v) is 7.43. The van der Waals surface area contributed by atoms with E-state index in [0.29, 0.717) is 30.5 Å². The zero-order chi connectivity index (χ0) is 24.4. The van der Waals surface area contributed by atoms with Crippen molar-refractivity contribution in [3.63, 3.8) is 0 Å². The Morgan fingerprint density at radius 1 is 1.40 bits per heavy atom. The predicted octanol–water partition coefficient (Wildman–Crippen LogP) is 3.59. The van der Waals surface area contributed by atoms with E-state index in [0.717, 1.165) is 19.3 Å². The van der Waals surface area contributed by atoms with Crippen molar-refractivity contribution < 1.29 is 18.7 Å². The van der Waals surface area contributed by atoms with Crippen LogP contribution in [0.1, 0.15) is 62.4 Å². The molecule has 1 unspecified atom stereocenters. The van der Waals surface area contributed by atoms with Crippen LogP contribution >= 0.6 is 0 Å². The molecule has 3 aromatic rings. The van der Waals surface area contributed by atoms with E-state index in [-0.39, 0.29) is 40.4 Å². The van der Waals surface area contributed by atoms with Gasteiger partial charge in [-0.2, -0.15) is 10.1 Å². The van der Waals surface area contributed by atoms with Crippen molar-refractivity contribution in [2.45, 2.75) is 69.2 Å². The maximum Gasteiger partial charge on any atom is 0.274 e. The van der Waals surface area contributed by atoms with Crippen LogP contribution in [-0.2, 0) is 10.3 Å². The van der Waals surface area contributed by atoms with Crippen LogP contribution in [-0.4, -0.2) is 50.2 Å². The fraction of sp³-hybridized carbons (Fsp3) is 0.520. The van der Waals surface area contributed by atoms with Gasteiger partial charge >= 0.3 is 0 Å². The molecule has 2 aliphatic carbocycles. The Hall–Kier alpha value is -3.27. The molecule has 0 radical (unpaired) electrons. The maximum absolute atomic E-state index is 13.4. The van der Waals surface area contributed by atoms with Gasteiger partial charge in [-0.3, -0.25) is 14.3 Å². The van der Waals surface area contributed by atoms with E-state index in [1.807, 2.05) is 20.0 Å². The highest BCUT2D eigenvalue weighted by atomic mass is 19.1. The maximum atomic E-state index is 13.4. The van der Waals surface area contributed by atoms with Crippen LogP contribution in [0.3, 0.4) is 0 Å². The Balaban J connectivity index is 1.35. The summed E-state index contributed by atoms with van der Waals surface area (Å²) in [5.41, 5.74) is -0.417. The molecular formula is C25H28FN5O4. The number of hydrogen-bond acceptors (Lipinski definition) is 6. The second-order valence-electron chi connectivity index (χ2n) is 10.2. The minimum Gasteiger partial charge on any atom is -0.474 e. The van der Waals surface area contributed by atoms with Crippen LogP contribution in [0.5, 0.6) is 5.88 Å². The fourth-order valence-corrected chi connectivity index (χ4v) is 5.15. The van der Waals surface area contributed by atoms with Gasteiger partial charge in [0.25, 0.3) is 11.5 Å². The van der Waals surface area contributed by atoms with Crippen molar-refractivity contribution in [2.75, 3.05) is 18.6 Å². The van der Waals surface area contributed by atoms with Crippen molar-refractivity contribution in [2.24, 2.45) is 0 Å². The number of hydrogen-bond donors (Lipinski definition) is 1. The second-order valence-corrected chi connectivity index (χ2v) is 10.2. The molecule has 1 N–H and O–H groups in total. The van der Waals surface area contributed by atoms with Gasteiger partial charge in [-0.15, -0.1) is 0 Å². The molecule has 35 heavy (non-hydrogen) atoms. The molecule has 4 aliphatic rings. The summed E-state index contributed by atoms with van der Waals surface area (Å²) in [6, 6.07) is 5.25. The average Bonchev–Trinajstić information content (AvgIpc) is 3.32. The molecule has 0 aromatic carbocycles. The SMILES string of the molecule is CCC(C)Oc1nc2nn(C34COC(CF)(C3)C4)cc2cc1C(=O)Nc1cccn(C2CC2)c1=O. The lowest BCUT2D eigenvalue weighted by molar-refractivity contribution is -0.0336. The van der Waals surface area contributed by atoms with Gasteiger partial charge < -0.3 is 19.4 Å². The van der Waals surface area contributed by atoms with E-state index < -0.39 is 18.2 Å². The summed E-state index contributed by atoms with van der Waals surface area (Å²) >= 11 is 0. The summed E-state index contributed by atoms with van der Waals surface area (Å²) in [6.07, 6.45) is 7.19. The third kappa shape index (κ3) is 3.62. The quantitative estimate of drug-likeness (QED) is 0.528. The Morgan fingerprint density at radius 3 is 2.89 bits per heavy atom. The molecule has 1 atom stereocenters. The summed E-state index contributed by atoms with van der Waals surface area (Å²) in [4.78, 5) is 30.7. The van der Waals surface area contributed by atoms with Gasteiger partial charge in [0.05, 0.1) is 18.2 Å². The first-order valence-corrected chi connectivity index (χ1v) is 12.2. The number of nitrogens with one attached hydrogen (secondary N) is 1. The molecule has 2 saturated heterocycles. The molecule has 4 fully saturated rings. The molecule has 7 rings (SSSR count). The molecule has 9 nitrogen and oxygen atoms in total. The highest BCUT2D eigenvalue weighted by molar-refractivity contribution is 6.07. The highest BCUT2D eigenvalue weighted by Crippen LogP contribution is 2.56. The number of halogens is 1. The van der Waals surface area contributed by atoms with Crippen molar-refractivity contribution in [3.05, 3.63) is 46.5 Å². The Labute approximate surface area is 201 Å². The van der Waals surface area contributed by atoms with Crippen LogP contribution in [0.25, 0.3) is 11.0 Å². The van der Waals surface area contributed by atoms with Gasteiger partial charge in [-0.05, 0) is 44.4 Å². The van der Waals surface area contributed by atoms with Crippen LogP contribution in [0.15, 0.2) is 35.4 Å². The lowest BCUT2D eigenvalue weighted by Gasteiger charge is -2.42. The first-order chi connectivity index (χ1) is 16.9. The standard InChI is InChI=1S/C25H28FN5O4/c1-3-15(2)35-22-18(21(32)27-19-5-4-8-30(23(19)33)17-6-7-17)9-16-10-31(29-20(16)28-22)24-11-25(12-24,13-26)34-14-24/h4-5,8-10,15,17H,3,6-7,11-14H2,1-2H3,(H,27,32). The fourth-order valence-electron chi connectivity index (χ4n) is 5.15. The Morgan fingerprint density at radius 2 is 2.20 bits per heavy atom. The van der Waals surface area contributed by atoms with Gasteiger partial charge in [-0.25, -0.2) is 4.39 Å². The van der Waals surface area contributed by atoms with Gasteiger partial charge in [0, 0.05) is 36.7 Å². The van der Waals surface area contributed by atoms with E-state index in [1.54, 1.807) is 33.6 Å². The number of carbonyl (C=O) groups is 1. The molecule has 3 aromatic heterocycles. The van der Waals surface area contributed by atoms with Crippen molar-refractivity contribution >= 4 is 22.6 Å². The Kier molecular flexibility index (Phi) is 5.00. The minimum absolute atomic E-state index is 0.167. The number of amides is 1. The number of aromatic nitrogens is 4. The van der Waals surface area contributed by atoms with Crippen molar-refractivity contribution in [1.82, 2.24) is 19.3 Å². The van der Waals surface area contributed by atoms with Crippen molar-refractivity contribution in [1.29, 1.82) is 0 Å². The number of rotatable bonds is 8. The summed E-state index contributed by atoms with van der Waals surface area (Å²) in [5, 5.41) is 8.05. The number of nitrogens with zero attached hydrogens (tertiary/aromatic N) is 4. The predicted molar refractivity (Wildman–Crippen MR) is 127 cm³/mol. The normalized spacial score (nSPS) is 25.9. The van der Waals surface area contributed by atoms with Crippen LogP contribution in [0.4, 0.5) is 10.1 Å². The number of ether oxygens (including phenoxy) is 2. The van der Waals surface area contributed by atoms with Crippen molar-refractivity contribution in [3.8, 4) is 5.88 Å². The lowest BCUT2D eigenvalue weighted by atomic mass is 9.69. The van der Waals surface area contributed by atoms with Gasteiger partial charge in [-0.1, -0.05) is 6.92 Å². The average molecular weight is 482 g/mol. The minimum atomic E-state index is -0.690. The summed E-state index contributed by atoms with van der Waals surface area (Å²) in [7, 11) is 0. The second kappa shape index (κ2) is 7.87. The largest absolute Gasteiger partial charge is 0.474 e. The van der Waals surface area contributed by atoms with E-state index in [1.165, 1.54) is 0 Å². The molecule has 2 saturated carbocycles. The highest BCUT2D eigenvalue weighted by Gasteiger charge is 2.64. The number of carbonyl (C=O) groups excluding carboxylic acids is 1. The Bertz CT molecular complexity index is 1370. The van der Waals surface area contributed by atoms with Gasteiger partial charge in [0.2, 0.25) is 5.88 Å². The van der Waals surface area contributed by atoms with Crippen LogP contribution in [0, 0.1) is 0 Å².